The van der Waals surface area contributed by atoms with Crippen LogP contribution in [0, 0.1) is 10.1 Å². The van der Waals surface area contributed by atoms with Gasteiger partial charge in [-0.15, -0.1) is 0 Å². The normalized spacial score (nSPS) is 13.7. The molecule has 2 aromatic heterocycles. The highest BCUT2D eigenvalue weighted by molar-refractivity contribution is 5.75. The van der Waals surface area contributed by atoms with Gasteiger partial charge in [0.05, 0.1) is 16.3 Å². The Morgan fingerprint density at radius 1 is 0.778 bits per heavy atom. The molecule has 1 fully saturated rings. The molecule has 1 aliphatic rings. The lowest BCUT2D eigenvalue weighted by molar-refractivity contribution is -0.383. The maximum absolute atomic E-state index is 12.0. The molecule has 3 heterocycles. The molecule has 1 aliphatic heterocycles. The fourth-order valence-electron chi connectivity index (χ4n) is 3.91. The van der Waals surface area contributed by atoms with Crippen LogP contribution in [0.25, 0.3) is 0 Å². The number of anilines is 4. The molecule has 0 amide bonds. The second-order valence-corrected chi connectivity index (χ2v) is 8.02. The first-order chi connectivity index (χ1) is 17.7. The number of pyridine rings is 1. The molecule has 2 aromatic carbocycles. The standard InChI is InChI=1S/C25H23N9O2/c35-34(36)23-24(29-19-9-11-21(12-10-19)31-30-20-6-2-1-3-7-20)27-18-28-25(23)33-16-14-32(15-17-33)22-8-4-5-13-26-22/h1-13,18H,14-17H2,(H,27,28,29). The summed E-state index contributed by atoms with van der Waals surface area (Å²) in [6.07, 6.45) is 3.10. The van der Waals surface area contributed by atoms with E-state index in [-0.39, 0.29) is 11.5 Å². The smallest absolute Gasteiger partial charge is 0.353 e. The van der Waals surface area contributed by atoms with Crippen molar-refractivity contribution in [3.63, 3.8) is 0 Å². The number of hydrogen-bond acceptors (Lipinski definition) is 10. The Morgan fingerprint density at radius 2 is 1.44 bits per heavy atom. The van der Waals surface area contributed by atoms with E-state index in [0.717, 1.165) is 11.5 Å². The Kier molecular flexibility index (Phi) is 6.70. The minimum atomic E-state index is -0.439. The molecule has 1 N–H and O–H groups in total. The predicted octanol–water partition coefficient (Wildman–Crippen LogP) is 5.27. The summed E-state index contributed by atoms with van der Waals surface area (Å²) in [6, 6.07) is 22.3. The van der Waals surface area contributed by atoms with Crippen molar-refractivity contribution in [1.82, 2.24) is 15.0 Å². The van der Waals surface area contributed by atoms with E-state index in [2.05, 4.69) is 35.4 Å². The van der Waals surface area contributed by atoms with Gasteiger partial charge in [-0.2, -0.15) is 10.2 Å². The van der Waals surface area contributed by atoms with Gasteiger partial charge in [0.25, 0.3) is 0 Å². The summed E-state index contributed by atoms with van der Waals surface area (Å²) in [7, 11) is 0. The van der Waals surface area contributed by atoms with Crippen LogP contribution in [0.15, 0.2) is 95.5 Å². The van der Waals surface area contributed by atoms with E-state index in [1.807, 2.05) is 53.4 Å². The fraction of sp³-hybridized carbons (Fsp3) is 0.160. The van der Waals surface area contributed by atoms with Gasteiger partial charge in [0.15, 0.2) is 0 Å². The minimum absolute atomic E-state index is 0.135. The number of rotatable bonds is 7. The Morgan fingerprint density at radius 3 is 2.11 bits per heavy atom. The van der Waals surface area contributed by atoms with Crippen LogP contribution < -0.4 is 15.1 Å². The van der Waals surface area contributed by atoms with Crippen LogP contribution in [0.1, 0.15) is 0 Å². The van der Waals surface area contributed by atoms with E-state index in [1.165, 1.54) is 6.33 Å². The van der Waals surface area contributed by atoms with Crippen molar-refractivity contribution >= 4 is 40.2 Å². The van der Waals surface area contributed by atoms with Crippen LogP contribution in [0.4, 0.5) is 40.2 Å². The van der Waals surface area contributed by atoms with E-state index in [4.69, 9.17) is 0 Å². The van der Waals surface area contributed by atoms with Gasteiger partial charge < -0.3 is 15.1 Å². The number of nitrogens with zero attached hydrogens (tertiary/aromatic N) is 8. The number of nitro groups is 1. The summed E-state index contributed by atoms with van der Waals surface area (Å²) in [5, 5.41) is 23.5. The number of nitrogens with one attached hydrogen (secondary N) is 1. The molecule has 0 aliphatic carbocycles. The number of azo groups is 1. The lowest BCUT2D eigenvalue weighted by atomic mass is 10.2. The Bertz CT molecular complexity index is 1340. The van der Waals surface area contributed by atoms with Gasteiger partial charge in [-0.3, -0.25) is 10.1 Å². The monoisotopic (exact) mass is 481 g/mol. The maximum Gasteiger partial charge on any atom is 0.353 e. The van der Waals surface area contributed by atoms with E-state index in [9.17, 15) is 10.1 Å². The fourth-order valence-corrected chi connectivity index (χ4v) is 3.91. The molecule has 11 nitrogen and oxygen atoms in total. The first-order valence-electron chi connectivity index (χ1n) is 11.4. The van der Waals surface area contributed by atoms with Crippen LogP contribution in [0.3, 0.4) is 0 Å². The number of hydrogen-bond donors (Lipinski definition) is 1. The molecule has 0 saturated carbocycles. The minimum Gasteiger partial charge on any atom is -0.353 e. The largest absolute Gasteiger partial charge is 0.353 e. The average Bonchev–Trinajstić information content (AvgIpc) is 2.93. The topological polar surface area (TPSA) is 125 Å². The Balaban J connectivity index is 1.30. The zero-order chi connectivity index (χ0) is 24.7. The molecule has 5 rings (SSSR count). The molecular formula is C25H23N9O2. The molecule has 36 heavy (non-hydrogen) atoms. The van der Waals surface area contributed by atoms with Gasteiger partial charge in [0.1, 0.15) is 12.1 Å². The van der Waals surface area contributed by atoms with Gasteiger partial charge in [-0.05, 0) is 48.5 Å². The SMILES string of the molecule is O=[N+]([O-])c1c(Nc2ccc(N=Nc3ccccc3)cc2)ncnc1N1CCN(c2ccccn2)CC1. The summed E-state index contributed by atoms with van der Waals surface area (Å²) in [5.74, 6) is 1.32. The summed E-state index contributed by atoms with van der Waals surface area (Å²) in [4.78, 5) is 28.5. The van der Waals surface area contributed by atoms with Crippen LogP contribution in [-0.2, 0) is 0 Å². The molecule has 0 atom stereocenters. The van der Waals surface area contributed by atoms with Crippen molar-refractivity contribution in [3.05, 3.63) is 95.4 Å². The molecule has 0 spiro atoms. The lowest BCUT2D eigenvalue weighted by Crippen LogP contribution is -2.47. The Labute approximate surface area is 207 Å². The van der Waals surface area contributed by atoms with Gasteiger partial charge in [-0.25, -0.2) is 15.0 Å². The van der Waals surface area contributed by atoms with E-state index < -0.39 is 4.92 Å². The van der Waals surface area contributed by atoms with Crippen LogP contribution in [0.2, 0.25) is 0 Å². The second-order valence-electron chi connectivity index (χ2n) is 8.02. The Hall–Kier alpha value is -4.93. The maximum atomic E-state index is 12.0. The first-order valence-corrected chi connectivity index (χ1v) is 11.4. The van der Waals surface area contributed by atoms with Crippen molar-refractivity contribution in [2.75, 3.05) is 41.3 Å². The highest BCUT2D eigenvalue weighted by atomic mass is 16.6. The first kappa shape index (κ1) is 22.8. The lowest BCUT2D eigenvalue weighted by Gasteiger charge is -2.35. The number of benzene rings is 2. The predicted molar refractivity (Wildman–Crippen MR) is 138 cm³/mol. The van der Waals surface area contributed by atoms with Gasteiger partial charge in [0, 0.05) is 38.1 Å². The van der Waals surface area contributed by atoms with Gasteiger partial charge >= 0.3 is 5.69 Å². The highest BCUT2D eigenvalue weighted by Gasteiger charge is 2.29. The van der Waals surface area contributed by atoms with Crippen molar-refractivity contribution in [3.8, 4) is 0 Å². The summed E-state index contributed by atoms with van der Waals surface area (Å²) >= 11 is 0. The second kappa shape index (κ2) is 10.6. The third kappa shape index (κ3) is 5.25. The highest BCUT2D eigenvalue weighted by Crippen LogP contribution is 2.34. The average molecular weight is 482 g/mol. The third-order valence-corrected chi connectivity index (χ3v) is 5.71. The quantitative estimate of drug-likeness (QED) is 0.215. The molecule has 0 unspecified atom stereocenters. The number of aromatic nitrogens is 3. The molecule has 180 valence electrons. The molecule has 4 aromatic rings. The van der Waals surface area contributed by atoms with Crippen LogP contribution in [-0.4, -0.2) is 46.1 Å². The molecule has 1 saturated heterocycles. The van der Waals surface area contributed by atoms with Crippen molar-refractivity contribution in [2.24, 2.45) is 10.2 Å². The summed E-state index contributed by atoms with van der Waals surface area (Å²) < 4.78 is 0. The van der Waals surface area contributed by atoms with E-state index >= 15 is 0 Å². The van der Waals surface area contributed by atoms with Crippen LogP contribution in [0.5, 0.6) is 0 Å². The zero-order valence-corrected chi connectivity index (χ0v) is 19.3. The molecule has 11 heteroatoms. The number of piperazine rings is 1. The van der Waals surface area contributed by atoms with Crippen LogP contribution >= 0.6 is 0 Å². The van der Waals surface area contributed by atoms with Crippen molar-refractivity contribution in [2.45, 2.75) is 0 Å². The van der Waals surface area contributed by atoms with Gasteiger partial charge in [0.2, 0.25) is 11.6 Å². The third-order valence-electron chi connectivity index (χ3n) is 5.71. The molecule has 0 bridgehead atoms. The zero-order valence-electron chi connectivity index (χ0n) is 19.3. The molecular weight excluding hydrogens is 458 g/mol. The van der Waals surface area contributed by atoms with Crippen molar-refractivity contribution in [1.29, 1.82) is 0 Å². The molecule has 0 radical (unpaired) electrons. The van der Waals surface area contributed by atoms with E-state index in [0.29, 0.717) is 43.4 Å². The van der Waals surface area contributed by atoms with E-state index in [1.54, 1.807) is 30.5 Å². The van der Waals surface area contributed by atoms with Crippen molar-refractivity contribution < 1.29 is 4.92 Å². The van der Waals surface area contributed by atoms with Gasteiger partial charge in [-0.1, -0.05) is 24.3 Å². The summed E-state index contributed by atoms with van der Waals surface area (Å²) in [5.41, 5.74) is 1.90. The summed E-state index contributed by atoms with van der Waals surface area (Å²) in [6.45, 7) is 2.52.